The zero-order valence-corrected chi connectivity index (χ0v) is 22.5. The summed E-state index contributed by atoms with van der Waals surface area (Å²) in [4.78, 5) is 39.2. The maximum absolute atomic E-state index is 15.4. The number of nitrogen functional groups attached to an aromatic ring is 1. The molecule has 8 nitrogen and oxygen atoms in total. The van der Waals surface area contributed by atoms with Crippen LogP contribution in [0.15, 0.2) is 48.5 Å². The number of halogens is 3. The summed E-state index contributed by atoms with van der Waals surface area (Å²) in [6.07, 6.45) is -0.154. The molecule has 11 heteroatoms. The van der Waals surface area contributed by atoms with E-state index in [0.717, 1.165) is 0 Å². The first-order valence-electron chi connectivity index (χ1n) is 12.1. The number of amides is 1. The third-order valence-corrected chi connectivity index (χ3v) is 8.21. The Kier molecular flexibility index (Phi) is 6.88. The molecule has 4 atom stereocenters. The Balaban J connectivity index is 1.57. The Morgan fingerprint density at radius 1 is 1.13 bits per heavy atom. The van der Waals surface area contributed by atoms with E-state index >= 15 is 4.39 Å². The van der Waals surface area contributed by atoms with E-state index in [-0.39, 0.29) is 39.6 Å². The Hall–Kier alpha value is -3.50. The number of benzene rings is 3. The van der Waals surface area contributed by atoms with Gasteiger partial charge in [-0.1, -0.05) is 41.4 Å². The van der Waals surface area contributed by atoms with Crippen molar-refractivity contribution in [3.05, 3.63) is 92.2 Å². The lowest BCUT2D eigenvalue weighted by Gasteiger charge is -2.31. The van der Waals surface area contributed by atoms with Gasteiger partial charge >= 0.3 is 5.97 Å². The third-order valence-electron chi connectivity index (χ3n) is 7.68. The zero-order valence-electron chi connectivity index (χ0n) is 21.0. The fraction of sp³-hybridized carbons (Fsp3) is 0.250. The number of anilines is 2. The van der Waals surface area contributed by atoms with Gasteiger partial charge in [-0.15, -0.1) is 0 Å². The first-order chi connectivity index (χ1) is 18.5. The number of rotatable bonds is 5. The highest BCUT2D eigenvalue weighted by Crippen LogP contribution is 2.52. The van der Waals surface area contributed by atoms with Gasteiger partial charge in [-0.3, -0.25) is 14.9 Å². The Bertz CT molecular complexity index is 1550. The van der Waals surface area contributed by atoms with E-state index in [1.54, 1.807) is 31.2 Å². The van der Waals surface area contributed by atoms with Gasteiger partial charge in [0.1, 0.15) is 11.4 Å². The number of hydrogen-bond donors (Lipinski definition) is 4. The number of nitrogens with one attached hydrogen (secondary N) is 2. The number of carbonyl (C=O) groups is 3. The van der Waals surface area contributed by atoms with Gasteiger partial charge in [0.15, 0.2) is 5.78 Å². The molecule has 0 radical (unpaired) electrons. The van der Waals surface area contributed by atoms with Crippen molar-refractivity contribution in [2.45, 2.75) is 36.9 Å². The Morgan fingerprint density at radius 3 is 2.56 bits per heavy atom. The van der Waals surface area contributed by atoms with Crippen molar-refractivity contribution >= 4 is 52.2 Å². The molecule has 3 aromatic rings. The first kappa shape index (κ1) is 27.1. The van der Waals surface area contributed by atoms with E-state index in [0.29, 0.717) is 21.8 Å². The molecule has 0 aliphatic carbocycles. The van der Waals surface area contributed by atoms with Crippen LogP contribution in [0.25, 0.3) is 0 Å². The number of ether oxygens (including phenoxy) is 1. The highest BCUT2D eigenvalue weighted by atomic mass is 35.5. The minimum Gasteiger partial charge on any atom is -0.465 e. The lowest BCUT2D eigenvalue weighted by molar-refractivity contribution is -0.122. The van der Waals surface area contributed by atoms with E-state index in [2.05, 4.69) is 10.6 Å². The van der Waals surface area contributed by atoms with Crippen LogP contribution in [0.3, 0.4) is 0 Å². The second-order valence-corrected chi connectivity index (χ2v) is 10.6. The summed E-state index contributed by atoms with van der Waals surface area (Å²) in [6.45, 7) is 1.62. The highest BCUT2D eigenvalue weighted by Gasteiger charge is 2.62. The number of nitrogens with two attached hydrogens (primary N) is 2. The van der Waals surface area contributed by atoms with E-state index < -0.39 is 41.2 Å². The smallest absolute Gasteiger partial charge is 0.338 e. The molecule has 2 aliphatic rings. The SMILES string of the molecule is COC(=O)c1ccc(C(=O)C[C@@H]2N[C@@]3(C(=O)Nc4cc(Cl)ccc43)[C@@H](c3cccc(Cl)c3F)[C@@H]2N)c(N)c1C. The molecule has 39 heavy (non-hydrogen) atoms. The fourth-order valence-electron chi connectivity index (χ4n) is 5.76. The van der Waals surface area contributed by atoms with Crippen LogP contribution in [0.5, 0.6) is 0 Å². The molecule has 0 bridgehead atoms. The molecule has 202 valence electrons. The second kappa shape index (κ2) is 9.91. The van der Waals surface area contributed by atoms with E-state index in [1.807, 2.05) is 0 Å². The zero-order chi connectivity index (χ0) is 28.2. The standard InChI is InChI=1S/C28H25Cl2FN4O4/c1-12-14(26(37)39-2)7-8-15(24(12)32)21(36)11-20-25(33)22(16-4-3-5-18(30)23(16)31)28(35-20)17-9-6-13(29)10-19(17)34-27(28)38/h3-10,20,22,25,35H,11,32-33H2,1-2H3,(H,34,38)/t20-,22-,25+,28+/m0/s1. The predicted molar refractivity (Wildman–Crippen MR) is 147 cm³/mol. The molecule has 2 heterocycles. The summed E-state index contributed by atoms with van der Waals surface area (Å²) >= 11 is 12.3. The Labute approximate surface area is 233 Å². The number of carbonyl (C=O) groups excluding carboxylic acids is 3. The van der Waals surface area contributed by atoms with Gasteiger partial charge in [-0.2, -0.15) is 0 Å². The van der Waals surface area contributed by atoms with Crippen LogP contribution < -0.4 is 22.1 Å². The molecular weight excluding hydrogens is 546 g/mol. The van der Waals surface area contributed by atoms with Crippen molar-refractivity contribution in [2.75, 3.05) is 18.2 Å². The van der Waals surface area contributed by atoms with Crippen LogP contribution in [0.1, 0.15) is 49.7 Å². The topological polar surface area (TPSA) is 137 Å². The predicted octanol–water partition coefficient (Wildman–Crippen LogP) is 4.31. The molecule has 1 spiro atoms. The molecule has 0 aromatic heterocycles. The fourth-order valence-corrected chi connectivity index (χ4v) is 6.11. The third kappa shape index (κ3) is 4.17. The largest absolute Gasteiger partial charge is 0.465 e. The van der Waals surface area contributed by atoms with Crippen LogP contribution in [0, 0.1) is 12.7 Å². The molecule has 2 aliphatic heterocycles. The second-order valence-electron chi connectivity index (χ2n) is 9.72. The van der Waals surface area contributed by atoms with Gasteiger partial charge in [0, 0.05) is 51.9 Å². The maximum atomic E-state index is 15.4. The summed E-state index contributed by atoms with van der Waals surface area (Å²) in [5, 5.41) is 6.41. The molecule has 1 fully saturated rings. The van der Waals surface area contributed by atoms with Crippen molar-refractivity contribution in [3.8, 4) is 0 Å². The monoisotopic (exact) mass is 570 g/mol. The van der Waals surface area contributed by atoms with Gasteiger partial charge in [0.2, 0.25) is 5.91 Å². The lowest BCUT2D eigenvalue weighted by atomic mass is 9.74. The minimum atomic E-state index is -1.49. The molecule has 1 saturated heterocycles. The summed E-state index contributed by atoms with van der Waals surface area (Å²) in [6, 6.07) is 10.7. The normalized spacial score (nSPS) is 23.5. The summed E-state index contributed by atoms with van der Waals surface area (Å²) in [5.41, 5.74) is 13.6. The van der Waals surface area contributed by atoms with Gasteiger partial charge in [-0.05, 0) is 48.4 Å². The number of fused-ring (bicyclic) bond motifs is 2. The van der Waals surface area contributed by atoms with Crippen molar-refractivity contribution in [3.63, 3.8) is 0 Å². The molecule has 6 N–H and O–H groups in total. The van der Waals surface area contributed by atoms with Crippen molar-refractivity contribution in [1.29, 1.82) is 0 Å². The van der Waals surface area contributed by atoms with Crippen LogP contribution in [-0.2, 0) is 15.1 Å². The average Bonchev–Trinajstić information content (AvgIpc) is 3.33. The van der Waals surface area contributed by atoms with E-state index in [1.165, 1.54) is 31.4 Å². The van der Waals surface area contributed by atoms with Gasteiger partial charge < -0.3 is 21.5 Å². The summed E-state index contributed by atoms with van der Waals surface area (Å²) in [5.74, 6) is -3.00. The van der Waals surface area contributed by atoms with Crippen molar-refractivity contribution in [2.24, 2.45) is 5.73 Å². The van der Waals surface area contributed by atoms with Crippen molar-refractivity contribution in [1.82, 2.24) is 5.32 Å². The molecule has 5 rings (SSSR count). The van der Waals surface area contributed by atoms with E-state index in [9.17, 15) is 14.4 Å². The molecule has 0 unspecified atom stereocenters. The maximum Gasteiger partial charge on any atom is 0.338 e. The lowest BCUT2D eigenvalue weighted by Crippen LogP contribution is -2.49. The number of esters is 1. The molecule has 3 aromatic carbocycles. The van der Waals surface area contributed by atoms with Crippen LogP contribution >= 0.6 is 23.2 Å². The average molecular weight is 571 g/mol. The highest BCUT2D eigenvalue weighted by molar-refractivity contribution is 6.31. The van der Waals surface area contributed by atoms with Crippen LogP contribution in [-0.4, -0.2) is 36.9 Å². The van der Waals surface area contributed by atoms with Crippen LogP contribution in [0.2, 0.25) is 10.0 Å². The number of ketones is 1. The van der Waals surface area contributed by atoms with Gasteiger partial charge in [0.05, 0.1) is 17.7 Å². The molecule has 1 amide bonds. The van der Waals surface area contributed by atoms with Gasteiger partial charge in [-0.25, -0.2) is 9.18 Å². The molecule has 0 saturated carbocycles. The number of methoxy groups -OCH3 is 1. The summed E-state index contributed by atoms with van der Waals surface area (Å²) < 4.78 is 20.2. The Morgan fingerprint density at radius 2 is 1.85 bits per heavy atom. The van der Waals surface area contributed by atoms with Crippen molar-refractivity contribution < 1.29 is 23.5 Å². The van der Waals surface area contributed by atoms with E-state index in [4.69, 9.17) is 39.4 Å². The summed E-state index contributed by atoms with van der Waals surface area (Å²) in [7, 11) is 1.25. The van der Waals surface area contributed by atoms with Crippen LogP contribution in [0.4, 0.5) is 15.8 Å². The number of Topliss-reactive ketones (excluding diaryl/α,β-unsaturated/α-hetero) is 1. The minimum absolute atomic E-state index is 0.113. The quantitative estimate of drug-likeness (QED) is 0.204. The number of hydrogen-bond acceptors (Lipinski definition) is 7. The van der Waals surface area contributed by atoms with Gasteiger partial charge in [0.25, 0.3) is 0 Å². The first-order valence-corrected chi connectivity index (χ1v) is 12.9. The molecular formula is C28H25Cl2FN4O4.